The highest BCUT2D eigenvalue weighted by atomic mass is 79.9. The van der Waals surface area contributed by atoms with Crippen molar-refractivity contribution < 1.29 is 27.1 Å². The van der Waals surface area contributed by atoms with Gasteiger partial charge >= 0.3 is 6.18 Å². The van der Waals surface area contributed by atoms with Gasteiger partial charge in [-0.3, -0.25) is 9.36 Å². The van der Waals surface area contributed by atoms with Crippen molar-refractivity contribution in [3.8, 4) is 11.6 Å². The van der Waals surface area contributed by atoms with Crippen LogP contribution < -0.4 is 10.1 Å². The first kappa shape index (κ1) is 21.7. The Morgan fingerprint density at radius 1 is 1.12 bits per heavy atom. The second kappa shape index (κ2) is 8.19. The van der Waals surface area contributed by atoms with Crippen molar-refractivity contribution in [3.05, 3.63) is 70.5 Å². The van der Waals surface area contributed by atoms with Crippen molar-refractivity contribution in [1.29, 1.82) is 0 Å². The molecule has 4 rings (SSSR count). The number of imidazole rings is 1. The van der Waals surface area contributed by atoms with Crippen molar-refractivity contribution in [2.24, 2.45) is 0 Å². The van der Waals surface area contributed by atoms with Gasteiger partial charge in [0.1, 0.15) is 11.6 Å². The molecule has 0 saturated heterocycles. The second-order valence-electron chi connectivity index (χ2n) is 6.46. The van der Waals surface area contributed by atoms with Crippen LogP contribution in [-0.2, 0) is 6.18 Å². The smallest absolute Gasteiger partial charge is 0.450 e. The molecule has 2 aromatic carbocycles. The first-order valence-electron chi connectivity index (χ1n) is 8.90. The maximum atomic E-state index is 13.6. The Kier molecular flexibility index (Phi) is 5.55. The highest BCUT2D eigenvalue weighted by Crippen LogP contribution is 2.34. The van der Waals surface area contributed by atoms with E-state index in [9.17, 15) is 22.4 Å². The molecule has 0 unspecified atom stereocenters. The molecule has 0 saturated carbocycles. The Balaban J connectivity index is 1.69. The van der Waals surface area contributed by atoms with Crippen LogP contribution in [0.15, 0.2) is 53.3 Å². The van der Waals surface area contributed by atoms with E-state index in [1.54, 1.807) is 0 Å². The molecule has 2 aromatic heterocycles. The van der Waals surface area contributed by atoms with Gasteiger partial charge in [0.25, 0.3) is 5.91 Å². The number of anilines is 1. The van der Waals surface area contributed by atoms with Gasteiger partial charge in [-0.15, -0.1) is 0 Å². The predicted octanol–water partition coefficient (Wildman–Crippen LogP) is 5.00. The molecule has 1 N–H and O–H groups in total. The van der Waals surface area contributed by atoms with Gasteiger partial charge < -0.3 is 10.1 Å². The van der Waals surface area contributed by atoms with Crippen molar-refractivity contribution in [2.75, 3.05) is 12.4 Å². The van der Waals surface area contributed by atoms with Gasteiger partial charge in [0, 0.05) is 10.5 Å². The molecule has 0 fully saturated rings. The topological polar surface area (TPSA) is 81.9 Å². The van der Waals surface area contributed by atoms with Gasteiger partial charge in [-0.25, -0.2) is 19.3 Å². The Morgan fingerprint density at radius 2 is 1.91 bits per heavy atom. The standard InChI is InChI=1S/C20H12BrF4N5O2/c1-32-11-3-5-15-14(7-11)28-19(20(23,24)25)30(15)17-9-26-16(8-27-17)29-18(31)12-4-2-10(22)6-13(12)21/h2-9H,1H3,(H,26,29,31). The van der Waals surface area contributed by atoms with E-state index >= 15 is 0 Å². The molecule has 0 atom stereocenters. The number of nitrogens with zero attached hydrogens (tertiary/aromatic N) is 4. The summed E-state index contributed by atoms with van der Waals surface area (Å²) < 4.78 is 60.1. The lowest BCUT2D eigenvalue weighted by Gasteiger charge is -2.11. The van der Waals surface area contributed by atoms with Crippen LogP contribution in [0, 0.1) is 5.82 Å². The summed E-state index contributed by atoms with van der Waals surface area (Å²) in [6.07, 6.45) is -2.56. The molecule has 0 aliphatic heterocycles. The van der Waals surface area contributed by atoms with E-state index in [1.165, 1.54) is 31.4 Å². The van der Waals surface area contributed by atoms with E-state index in [1.807, 2.05) is 0 Å². The number of aromatic nitrogens is 4. The Morgan fingerprint density at radius 3 is 2.53 bits per heavy atom. The predicted molar refractivity (Wildman–Crippen MR) is 110 cm³/mol. The Labute approximate surface area is 186 Å². The number of methoxy groups -OCH3 is 1. The fourth-order valence-corrected chi connectivity index (χ4v) is 3.50. The molecule has 0 aliphatic rings. The second-order valence-corrected chi connectivity index (χ2v) is 7.32. The number of hydrogen-bond donors (Lipinski definition) is 1. The number of amides is 1. The molecule has 1 amide bonds. The minimum absolute atomic E-state index is 0.00498. The van der Waals surface area contributed by atoms with Crippen LogP contribution >= 0.6 is 15.9 Å². The van der Waals surface area contributed by atoms with Gasteiger partial charge in [-0.1, -0.05) is 0 Å². The first-order valence-corrected chi connectivity index (χ1v) is 9.69. The Bertz CT molecular complexity index is 1320. The summed E-state index contributed by atoms with van der Waals surface area (Å²) in [5.41, 5.74) is 0.364. The number of ether oxygens (including phenoxy) is 1. The zero-order valence-corrected chi connectivity index (χ0v) is 17.7. The molecule has 0 spiro atoms. The zero-order valence-electron chi connectivity index (χ0n) is 16.1. The number of fused-ring (bicyclic) bond motifs is 1. The average Bonchev–Trinajstić information content (AvgIpc) is 3.13. The van der Waals surface area contributed by atoms with Crippen LogP contribution in [0.2, 0.25) is 0 Å². The molecule has 32 heavy (non-hydrogen) atoms. The zero-order chi connectivity index (χ0) is 23.0. The summed E-state index contributed by atoms with van der Waals surface area (Å²) in [5.74, 6) is -2.10. The molecule has 7 nitrogen and oxygen atoms in total. The molecule has 12 heteroatoms. The molecule has 2 heterocycles. The number of nitrogens with one attached hydrogen (secondary N) is 1. The van der Waals surface area contributed by atoms with Crippen LogP contribution in [0.25, 0.3) is 16.9 Å². The quantitative estimate of drug-likeness (QED) is 0.391. The van der Waals surface area contributed by atoms with E-state index in [2.05, 4.69) is 36.2 Å². The minimum Gasteiger partial charge on any atom is -0.497 e. The highest BCUT2D eigenvalue weighted by molar-refractivity contribution is 9.10. The molecule has 0 aliphatic carbocycles. The molecular formula is C20H12BrF4N5O2. The van der Waals surface area contributed by atoms with Gasteiger partial charge in [-0.05, 0) is 46.3 Å². The number of hydrogen-bond acceptors (Lipinski definition) is 5. The third-order valence-electron chi connectivity index (χ3n) is 4.40. The number of carbonyl (C=O) groups excluding carboxylic acids is 1. The van der Waals surface area contributed by atoms with Crippen LogP contribution in [-0.4, -0.2) is 32.5 Å². The number of alkyl halides is 3. The lowest BCUT2D eigenvalue weighted by molar-refractivity contribution is -0.145. The van der Waals surface area contributed by atoms with Gasteiger partial charge in [0.2, 0.25) is 5.82 Å². The normalized spacial score (nSPS) is 11.6. The SMILES string of the molecule is COc1ccc2c(c1)nc(C(F)(F)F)n2-c1cnc(NC(=O)c2ccc(F)cc2Br)cn1. The summed E-state index contributed by atoms with van der Waals surface area (Å²) in [5, 5.41) is 2.46. The van der Waals surface area contributed by atoms with Crippen LogP contribution in [0.1, 0.15) is 16.2 Å². The fraction of sp³-hybridized carbons (Fsp3) is 0.100. The summed E-state index contributed by atoms with van der Waals surface area (Å²) in [6, 6.07) is 7.83. The van der Waals surface area contributed by atoms with Gasteiger partial charge in [0.05, 0.1) is 36.1 Å². The van der Waals surface area contributed by atoms with Crippen molar-refractivity contribution in [3.63, 3.8) is 0 Å². The van der Waals surface area contributed by atoms with E-state index in [0.29, 0.717) is 5.75 Å². The number of carbonyl (C=O) groups is 1. The van der Waals surface area contributed by atoms with E-state index in [-0.39, 0.29) is 32.7 Å². The third kappa shape index (κ3) is 4.13. The summed E-state index contributed by atoms with van der Waals surface area (Å²) in [7, 11) is 1.39. The van der Waals surface area contributed by atoms with Crippen LogP contribution in [0.4, 0.5) is 23.4 Å². The monoisotopic (exact) mass is 509 g/mol. The van der Waals surface area contributed by atoms with E-state index in [4.69, 9.17) is 4.74 Å². The van der Waals surface area contributed by atoms with Crippen molar-refractivity contribution >= 4 is 38.7 Å². The lowest BCUT2D eigenvalue weighted by Crippen LogP contribution is -2.16. The largest absolute Gasteiger partial charge is 0.497 e. The number of halogens is 5. The molecule has 0 bridgehead atoms. The van der Waals surface area contributed by atoms with Crippen LogP contribution in [0.3, 0.4) is 0 Å². The summed E-state index contributed by atoms with van der Waals surface area (Å²) >= 11 is 3.10. The average molecular weight is 510 g/mol. The molecular weight excluding hydrogens is 498 g/mol. The molecule has 164 valence electrons. The maximum Gasteiger partial charge on any atom is 0.450 e. The highest BCUT2D eigenvalue weighted by Gasteiger charge is 2.38. The maximum absolute atomic E-state index is 13.6. The minimum atomic E-state index is -4.75. The summed E-state index contributed by atoms with van der Waals surface area (Å²) in [4.78, 5) is 24.1. The third-order valence-corrected chi connectivity index (χ3v) is 5.06. The molecule has 4 aromatic rings. The van der Waals surface area contributed by atoms with Gasteiger partial charge in [0.15, 0.2) is 11.6 Å². The van der Waals surface area contributed by atoms with Crippen molar-refractivity contribution in [1.82, 2.24) is 19.5 Å². The number of benzene rings is 2. The lowest BCUT2D eigenvalue weighted by atomic mass is 10.2. The summed E-state index contributed by atoms with van der Waals surface area (Å²) in [6.45, 7) is 0. The first-order chi connectivity index (χ1) is 15.2. The number of rotatable bonds is 4. The van der Waals surface area contributed by atoms with Gasteiger partial charge in [-0.2, -0.15) is 13.2 Å². The van der Waals surface area contributed by atoms with Crippen molar-refractivity contribution in [2.45, 2.75) is 6.18 Å². The Hall–Kier alpha value is -3.54. The van der Waals surface area contributed by atoms with E-state index in [0.717, 1.165) is 29.1 Å². The fourth-order valence-electron chi connectivity index (χ4n) is 2.97. The van der Waals surface area contributed by atoms with Crippen LogP contribution in [0.5, 0.6) is 5.75 Å². The van der Waals surface area contributed by atoms with E-state index < -0.39 is 23.7 Å². The molecule has 0 radical (unpaired) electrons.